The number of aryl methyl sites for hydroxylation is 1. The molecule has 30 heavy (non-hydrogen) atoms. The molecule has 0 saturated carbocycles. The summed E-state index contributed by atoms with van der Waals surface area (Å²) in [6.07, 6.45) is -0.0703. The first-order valence-electron chi connectivity index (χ1n) is 9.24. The van der Waals surface area contributed by atoms with Crippen molar-refractivity contribution >= 4 is 50.7 Å². The second kappa shape index (κ2) is 6.93. The highest BCUT2D eigenvalue weighted by Gasteiger charge is 2.43. The molecule has 3 heterocycles. The van der Waals surface area contributed by atoms with Gasteiger partial charge in [0.15, 0.2) is 0 Å². The highest BCUT2D eigenvalue weighted by atomic mass is 35.5. The molecule has 0 unspecified atom stereocenters. The number of fused-ring (bicyclic) bond motifs is 1. The maximum absolute atomic E-state index is 13.2. The average Bonchev–Trinajstić information content (AvgIpc) is 3.35. The summed E-state index contributed by atoms with van der Waals surface area (Å²) < 4.78 is 2.29. The van der Waals surface area contributed by atoms with E-state index in [9.17, 15) is 14.4 Å². The number of carbonyl (C=O) groups is 2. The fourth-order valence-corrected chi connectivity index (χ4v) is 4.91. The Bertz CT molecular complexity index is 1350. The van der Waals surface area contributed by atoms with Gasteiger partial charge in [-0.3, -0.25) is 19.5 Å². The smallest absolute Gasteiger partial charge is 0.277 e. The van der Waals surface area contributed by atoms with Gasteiger partial charge in [-0.15, -0.1) is 0 Å². The van der Waals surface area contributed by atoms with Gasteiger partial charge in [0.1, 0.15) is 0 Å². The first-order chi connectivity index (χ1) is 14.4. The van der Waals surface area contributed by atoms with Crippen molar-refractivity contribution < 1.29 is 9.59 Å². The Kier molecular flexibility index (Phi) is 4.34. The highest BCUT2D eigenvalue weighted by Crippen LogP contribution is 2.34. The summed E-state index contributed by atoms with van der Waals surface area (Å²) in [7, 11) is 0. The van der Waals surface area contributed by atoms with Crippen LogP contribution in [0.25, 0.3) is 15.3 Å². The van der Waals surface area contributed by atoms with Gasteiger partial charge in [0.2, 0.25) is 16.9 Å². The Hall–Kier alpha value is -3.23. The van der Waals surface area contributed by atoms with Gasteiger partial charge in [-0.1, -0.05) is 41.1 Å². The quantitative estimate of drug-likeness (QED) is 0.493. The summed E-state index contributed by atoms with van der Waals surface area (Å²) in [5, 5.41) is 3.92. The molecule has 2 aromatic carbocycles. The summed E-state index contributed by atoms with van der Waals surface area (Å²) in [5.74, 6) is -1.65. The number of imide groups is 1. The standard InChI is InChI=1S/C21H15ClN4O3S/c1-11-18(14-10-17(27)25(19(14)28)13-6-4-5-12(22)9-13)20(29)26(24-11)21-23-15-7-2-3-8-16(15)30-21/h2-9,14,24H,10H2,1H3/t14-/m1/s1. The lowest BCUT2D eigenvalue weighted by Crippen LogP contribution is -2.31. The number of aromatic nitrogens is 3. The van der Waals surface area contributed by atoms with Crippen LogP contribution in [0.15, 0.2) is 53.3 Å². The topological polar surface area (TPSA) is 88.1 Å². The van der Waals surface area contributed by atoms with E-state index in [1.807, 2.05) is 24.3 Å². The molecule has 0 aliphatic carbocycles. The molecule has 1 aliphatic rings. The first kappa shape index (κ1) is 18.8. The molecule has 1 fully saturated rings. The van der Waals surface area contributed by atoms with E-state index in [1.54, 1.807) is 31.2 Å². The minimum atomic E-state index is -0.851. The van der Waals surface area contributed by atoms with E-state index in [0.717, 1.165) is 15.1 Å². The number of benzene rings is 2. The molecule has 1 saturated heterocycles. The van der Waals surface area contributed by atoms with Gasteiger partial charge < -0.3 is 0 Å². The largest absolute Gasteiger partial charge is 0.293 e. The lowest BCUT2D eigenvalue weighted by molar-refractivity contribution is -0.121. The minimum absolute atomic E-state index is 0.0703. The molecule has 0 bridgehead atoms. The number of thiazole rings is 1. The molecule has 5 rings (SSSR count). The maximum Gasteiger partial charge on any atom is 0.277 e. The number of nitrogens with zero attached hydrogens (tertiary/aromatic N) is 3. The fraction of sp³-hybridized carbons (Fsp3) is 0.143. The molecule has 0 spiro atoms. The maximum atomic E-state index is 13.2. The van der Waals surface area contributed by atoms with Crippen LogP contribution >= 0.6 is 22.9 Å². The molecular weight excluding hydrogens is 424 g/mol. The number of aromatic amines is 1. The van der Waals surface area contributed by atoms with Crippen LogP contribution in [-0.4, -0.2) is 26.6 Å². The molecule has 2 amide bonds. The zero-order valence-electron chi connectivity index (χ0n) is 15.8. The SMILES string of the molecule is Cc1[nH]n(-c2nc3ccccc3s2)c(=O)c1[C@H]1CC(=O)N(c2cccc(Cl)c2)C1=O. The van der Waals surface area contributed by atoms with Crippen molar-refractivity contribution in [3.63, 3.8) is 0 Å². The monoisotopic (exact) mass is 438 g/mol. The fourth-order valence-electron chi connectivity index (χ4n) is 3.80. The Labute approximate surface area is 179 Å². The van der Waals surface area contributed by atoms with Crippen LogP contribution in [0, 0.1) is 6.92 Å². The normalized spacial score (nSPS) is 16.7. The van der Waals surface area contributed by atoms with Crippen molar-refractivity contribution in [2.45, 2.75) is 19.3 Å². The lowest BCUT2D eigenvalue weighted by atomic mass is 9.98. The van der Waals surface area contributed by atoms with Gasteiger partial charge in [0, 0.05) is 17.1 Å². The molecule has 9 heteroatoms. The predicted octanol–water partition coefficient (Wildman–Crippen LogP) is 3.78. The van der Waals surface area contributed by atoms with Crippen LogP contribution in [0.5, 0.6) is 0 Å². The van der Waals surface area contributed by atoms with Crippen molar-refractivity contribution in [3.8, 4) is 5.13 Å². The minimum Gasteiger partial charge on any atom is -0.293 e. The van der Waals surface area contributed by atoms with E-state index in [1.165, 1.54) is 16.0 Å². The number of hydrogen-bond donors (Lipinski definition) is 1. The molecular formula is C21H15ClN4O3S. The number of para-hydroxylation sites is 1. The number of nitrogens with one attached hydrogen (secondary N) is 1. The van der Waals surface area contributed by atoms with Crippen LogP contribution in [0.2, 0.25) is 5.02 Å². The number of halogens is 1. The van der Waals surface area contributed by atoms with Crippen molar-refractivity contribution in [2.75, 3.05) is 4.90 Å². The third-order valence-electron chi connectivity index (χ3n) is 5.15. The molecule has 150 valence electrons. The molecule has 2 aromatic heterocycles. The van der Waals surface area contributed by atoms with Crippen LogP contribution in [0.3, 0.4) is 0 Å². The second-order valence-electron chi connectivity index (χ2n) is 7.06. The van der Waals surface area contributed by atoms with Gasteiger partial charge in [0.25, 0.3) is 5.56 Å². The second-order valence-corrected chi connectivity index (χ2v) is 8.50. The number of H-pyrrole nitrogens is 1. The summed E-state index contributed by atoms with van der Waals surface area (Å²) in [6.45, 7) is 1.72. The summed E-state index contributed by atoms with van der Waals surface area (Å²) in [4.78, 5) is 44.5. The van der Waals surface area contributed by atoms with E-state index < -0.39 is 11.8 Å². The average molecular weight is 439 g/mol. The third kappa shape index (κ3) is 2.88. The Balaban J connectivity index is 1.56. The molecule has 1 aliphatic heterocycles. The Morgan fingerprint density at radius 2 is 1.93 bits per heavy atom. The molecule has 4 aromatic rings. The van der Waals surface area contributed by atoms with Crippen LogP contribution in [0.4, 0.5) is 5.69 Å². The summed E-state index contributed by atoms with van der Waals surface area (Å²) >= 11 is 7.39. The van der Waals surface area contributed by atoms with Crippen molar-refractivity contribution in [3.05, 3.63) is 75.2 Å². The van der Waals surface area contributed by atoms with E-state index in [4.69, 9.17) is 11.6 Å². The first-order valence-corrected chi connectivity index (χ1v) is 10.4. The summed E-state index contributed by atoms with van der Waals surface area (Å²) in [5.41, 5.74) is 1.65. The molecule has 1 atom stereocenters. The number of hydrogen-bond acceptors (Lipinski definition) is 5. The number of rotatable bonds is 3. The third-order valence-corrected chi connectivity index (χ3v) is 6.41. The highest BCUT2D eigenvalue weighted by molar-refractivity contribution is 7.20. The van der Waals surface area contributed by atoms with Gasteiger partial charge in [-0.05, 0) is 37.3 Å². The zero-order chi connectivity index (χ0) is 21.0. The summed E-state index contributed by atoms with van der Waals surface area (Å²) in [6, 6.07) is 14.1. The number of amides is 2. The number of carbonyl (C=O) groups excluding carboxylic acids is 2. The number of anilines is 1. The molecule has 0 radical (unpaired) electrons. The van der Waals surface area contributed by atoms with Gasteiger partial charge >= 0.3 is 0 Å². The Morgan fingerprint density at radius 1 is 1.13 bits per heavy atom. The van der Waals surface area contributed by atoms with Crippen LogP contribution in [-0.2, 0) is 9.59 Å². The predicted molar refractivity (Wildman–Crippen MR) is 116 cm³/mol. The van der Waals surface area contributed by atoms with E-state index in [-0.39, 0.29) is 23.5 Å². The zero-order valence-corrected chi connectivity index (χ0v) is 17.3. The van der Waals surface area contributed by atoms with Gasteiger partial charge in [0.05, 0.1) is 27.4 Å². The molecule has 1 N–H and O–H groups in total. The van der Waals surface area contributed by atoms with E-state index in [0.29, 0.717) is 21.5 Å². The molecule has 7 nitrogen and oxygen atoms in total. The van der Waals surface area contributed by atoms with E-state index in [2.05, 4.69) is 10.1 Å². The van der Waals surface area contributed by atoms with E-state index >= 15 is 0 Å². The van der Waals surface area contributed by atoms with Crippen molar-refractivity contribution in [1.82, 2.24) is 14.8 Å². The Morgan fingerprint density at radius 3 is 2.70 bits per heavy atom. The van der Waals surface area contributed by atoms with Gasteiger partial charge in [-0.25, -0.2) is 9.88 Å². The van der Waals surface area contributed by atoms with Crippen molar-refractivity contribution in [2.24, 2.45) is 0 Å². The van der Waals surface area contributed by atoms with Gasteiger partial charge in [-0.2, -0.15) is 4.68 Å². The van der Waals surface area contributed by atoms with Crippen LogP contribution < -0.4 is 10.5 Å². The van der Waals surface area contributed by atoms with Crippen LogP contribution in [0.1, 0.15) is 23.6 Å². The lowest BCUT2D eigenvalue weighted by Gasteiger charge is -2.15. The van der Waals surface area contributed by atoms with Crippen molar-refractivity contribution in [1.29, 1.82) is 0 Å².